The molecule has 0 fully saturated rings. The van der Waals surface area contributed by atoms with Gasteiger partial charge < -0.3 is 5.32 Å². The zero-order valence-electron chi connectivity index (χ0n) is 14.8. The van der Waals surface area contributed by atoms with E-state index in [0.717, 1.165) is 16.4 Å². The van der Waals surface area contributed by atoms with Gasteiger partial charge in [0.2, 0.25) is 0 Å². The van der Waals surface area contributed by atoms with Gasteiger partial charge in [0.05, 0.1) is 10.6 Å². The van der Waals surface area contributed by atoms with Crippen molar-refractivity contribution >= 4 is 27.3 Å². The molecule has 0 aliphatic heterocycles. The number of sulfonamides is 1. The fourth-order valence-electron chi connectivity index (χ4n) is 2.52. The van der Waals surface area contributed by atoms with E-state index in [4.69, 9.17) is 0 Å². The fraction of sp³-hybridized carbons (Fsp3) is 0.0500. The van der Waals surface area contributed by atoms with Crippen molar-refractivity contribution in [1.29, 1.82) is 0 Å². The molecular weight excluding hydrogens is 386 g/mol. The normalized spacial score (nSPS) is 11.1. The lowest BCUT2D eigenvalue weighted by Crippen LogP contribution is -2.26. The summed E-state index contributed by atoms with van der Waals surface area (Å²) < 4.78 is 53.7. The number of rotatable bonds is 5. The Bertz CT molecular complexity index is 1080. The molecule has 144 valence electrons. The van der Waals surface area contributed by atoms with Gasteiger partial charge in [-0.25, -0.2) is 17.2 Å². The van der Waals surface area contributed by atoms with Gasteiger partial charge in [-0.3, -0.25) is 9.10 Å². The zero-order valence-corrected chi connectivity index (χ0v) is 15.6. The van der Waals surface area contributed by atoms with E-state index in [1.54, 1.807) is 18.2 Å². The maximum atomic E-state index is 13.7. The third-order valence-electron chi connectivity index (χ3n) is 4.10. The van der Waals surface area contributed by atoms with Gasteiger partial charge in [-0.1, -0.05) is 24.3 Å². The average molecular weight is 402 g/mol. The van der Waals surface area contributed by atoms with Crippen LogP contribution in [-0.4, -0.2) is 21.4 Å². The zero-order chi connectivity index (χ0) is 20.3. The number of nitrogens with one attached hydrogen (secondary N) is 1. The van der Waals surface area contributed by atoms with Crippen LogP contribution in [0.4, 0.5) is 20.2 Å². The monoisotopic (exact) mass is 402 g/mol. The van der Waals surface area contributed by atoms with Crippen molar-refractivity contribution in [1.82, 2.24) is 0 Å². The minimum absolute atomic E-state index is 0.122. The second-order valence-corrected chi connectivity index (χ2v) is 7.85. The third kappa shape index (κ3) is 3.86. The maximum absolute atomic E-state index is 13.7. The number of benzene rings is 3. The summed E-state index contributed by atoms with van der Waals surface area (Å²) in [6, 6.07) is 16.8. The topological polar surface area (TPSA) is 66.5 Å². The molecular formula is C20H16F2N2O3S. The molecule has 0 aromatic heterocycles. The van der Waals surface area contributed by atoms with Gasteiger partial charge in [-0.05, 0) is 48.5 Å². The first-order valence-corrected chi connectivity index (χ1v) is 9.64. The van der Waals surface area contributed by atoms with E-state index >= 15 is 0 Å². The van der Waals surface area contributed by atoms with Crippen LogP contribution in [0.1, 0.15) is 10.4 Å². The third-order valence-corrected chi connectivity index (χ3v) is 5.90. The highest BCUT2D eigenvalue weighted by Crippen LogP contribution is 2.23. The van der Waals surface area contributed by atoms with E-state index in [0.29, 0.717) is 5.69 Å². The molecule has 0 aliphatic rings. The van der Waals surface area contributed by atoms with E-state index in [2.05, 4.69) is 5.32 Å². The molecule has 0 bridgehead atoms. The van der Waals surface area contributed by atoms with Crippen LogP contribution in [0.25, 0.3) is 0 Å². The molecule has 1 N–H and O–H groups in total. The minimum atomic E-state index is -3.75. The van der Waals surface area contributed by atoms with Crippen LogP contribution in [0.3, 0.4) is 0 Å². The summed E-state index contributed by atoms with van der Waals surface area (Å²) in [6.45, 7) is 0. The van der Waals surface area contributed by atoms with E-state index in [-0.39, 0.29) is 10.5 Å². The number of halogens is 2. The number of hydrogen-bond acceptors (Lipinski definition) is 3. The first-order valence-electron chi connectivity index (χ1n) is 8.20. The number of hydrogen-bond donors (Lipinski definition) is 1. The summed E-state index contributed by atoms with van der Waals surface area (Å²) in [5.74, 6) is -2.50. The molecule has 5 nitrogen and oxygen atoms in total. The Kier molecular flexibility index (Phi) is 5.41. The van der Waals surface area contributed by atoms with Gasteiger partial charge >= 0.3 is 0 Å². The number of carbonyl (C=O) groups excluding carboxylic acids is 1. The predicted octanol–water partition coefficient (Wildman–Crippen LogP) is 4.04. The Morgan fingerprint density at radius 1 is 0.857 bits per heavy atom. The predicted molar refractivity (Wildman–Crippen MR) is 103 cm³/mol. The highest BCUT2D eigenvalue weighted by molar-refractivity contribution is 7.92. The van der Waals surface area contributed by atoms with Gasteiger partial charge in [0, 0.05) is 12.6 Å². The van der Waals surface area contributed by atoms with Crippen LogP contribution in [0.15, 0.2) is 77.7 Å². The van der Waals surface area contributed by atoms with Crippen LogP contribution in [-0.2, 0) is 10.0 Å². The molecule has 3 rings (SSSR count). The molecule has 0 saturated carbocycles. The van der Waals surface area contributed by atoms with Gasteiger partial charge in [0.15, 0.2) is 0 Å². The number of nitrogens with zero attached hydrogens (tertiary/aromatic N) is 1. The van der Waals surface area contributed by atoms with Crippen LogP contribution >= 0.6 is 0 Å². The first kappa shape index (κ1) is 19.5. The van der Waals surface area contributed by atoms with Gasteiger partial charge in [-0.15, -0.1) is 0 Å². The van der Waals surface area contributed by atoms with Crippen LogP contribution in [0.5, 0.6) is 0 Å². The molecule has 0 unspecified atom stereocenters. The second-order valence-electron chi connectivity index (χ2n) is 5.88. The molecule has 3 aromatic carbocycles. The smallest absolute Gasteiger partial charge is 0.264 e. The standard InChI is InChI=1S/C20H16F2N2O3S/c1-24(28(26,27)16-6-3-2-4-7-16)15-12-10-14(11-13-15)20(25)23-19-17(21)8-5-9-18(19)22/h2-13H,1H3,(H,23,25). The largest absolute Gasteiger partial charge is 0.317 e. The SMILES string of the molecule is CN(c1ccc(C(=O)Nc2c(F)cccc2F)cc1)S(=O)(=O)c1ccccc1. The molecule has 0 aliphatic carbocycles. The van der Waals surface area contributed by atoms with Crippen molar-refractivity contribution in [2.24, 2.45) is 0 Å². The fourth-order valence-corrected chi connectivity index (χ4v) is 3.73. The molecule has 0 spiro atoms. The quantitative estimate of drug-likeness (QED) is 0.700. The number of amides is 1. The molecule has 3 aromatic rings. The molecule has 8 heteroatoms. The molecule has 0 saturated heterocycles. The molecule has 0 heterocycles. The second kappa shape index (κ2) is 7.77. The summed E-state index contributed by atoms with van der Waals surface area (Å²) in [5, 5.41) is 2.18. The highest BCUT2D eigenvalue weighted by Gasteiger charge is 2.21. The van der Waals surface area contributed by atoms with Crippen molar-refractivity contribution in [2.75, 3.05) is 16.7 Å². The van der Waals surface area contributed by atoms with Crippen molar-refractivity contribution < 1.29 is 22.0 Å². The van der Waals surface area contributed by atoms with Gasteiger partial charge in [0.25, 0.3) is 15.9 Å². The number of anilines is 2. The van der Waals surface area contributed by atoms with Gasteiger partial charge in [0.1, 0.15) is 17.3 Å². The molecule has 1 amide bonds. The molecule has 0 radical (unpaired) electrons. The van der Waals surface area contributed by atoms with Gasteiger partial charge in [-0.2, -0.15) is 0 Å². The van der Waals surface area contributed by atoms with E-state index in [1.807, 2.05) is 0 Å². The lowest BCUT2D eigenvalue weighted by molar-refractivity contribution is 0.102. The van der Waals surface area contributed by atoms with E-state index in [9.17, 15) is 22.0 Å². The maximum Gasteiger partial charge on any atom is 0.264 e. The Hall–Kier alpha value is -3.26. The van der Waals surface area contributed by atoms with Crippen molar-refractivity contribution in [3.05, 3.63) is 90.0 Å². The Morgan fingerprint density at radius 2 is 1.43 bits per heavy atom. The number of carbonyl (C=O) groups is 1. The first-order chi connectivity index (χ1) is 13.3. The molecule has 0 atom stereocenters. The number of para-hydroxylation sites is 1. The van der Waals surface area contributed by atoms with Crippen LogP contribution < -0.4 is 9.62 Å². The van der Waals surface area contributed by atoms with Crippen LogP contribution in [0.2, 0.25) is 0 Å². The highest BCUT2D eigenvalue weighted by atomic mass is 32.2. The minimum Gasteiger partial charge on any atom is -0.317 e. The molecule has 28 heavy (non-hydrogen) atoms. The van der Waals surface area contributed by atoms with E-state index < -0.39 is 33.3 Å². The lowest BCUT2D eigenvalue weighted by atomic mass is 10.2. The lowest BCUT2D eigenvalue weighted by Gasteiger charge is -2.19. The summed E-state index contributed by atoms with van der Waals surface area (Å²) in [5.41, 5.74) is -0.0882. The summed E-state index contributed by atoms with van der Waals surface area (Å²) in [6.07, 6.45) is 0. The summed E-state index contributed by atoms with van der Waals surface area (Å²) in [7, 11) is -2.36. The van der Waals surface area contributed by atoms with Crippen molar-refractivity contribution in [2.45, 2.75) is 4.90 Å². The van der Waals surface area contributed by atoms with Crippen LogP contribution in [0, 0.1) is 11.6 Å². The van der Waals surface area contributed by atoms with Crippen molar-refractivity contribution in [3.8, 4) is 0 Å². The summed E-state index contributed by atoms with van der Waals surface area (Å²) >= 11 is 0. The Labute approximate surface area is 161 Å². The average Bonchev–Trinajstić information content (AvgIpc) is 2.71. The summed E-state index contributed by atoms with van der Waals surface area (Å²) in [4.78, 5) is 12.4. The van der Waals surface area contributed by atoms with Crippen molar-refractivity contribution in [3.63, 3.8) is 0 Å². The van der Waals surface area contributed by atoms with E-state index in [1.165, 1.54) is 49.5 Å². The Morgan fingerprint density at radius 3 is 2.00 bits per heavy atom. The Balaban J connectivity index is 1.81.